The Hall–Kier alpha value is -3.02. The molecule has 0 bridgehead atoms. The van der Waals surface area contributed by atoms with E-state index in [2.05, 4.69) is 16.0 Å². The number of aryl methyl sites for hydroxylation is 1. The van der Waals surface area contributed by atoms with Crippen LogP contribution in [0.5, 0.6) is 0 Å². The second-order valence-corrected chi connectivity index (χ2v) is 7.54. The molecule has 0 saturated carbocycles. The fourth-order valence-corrected chi connectivity index (χ4v) is 3.34. The van der Waals surface area contributed by atoms with Gasteiger partial charge >= 0.3 is 0 Å². The van der Waals surface area contributed by atoms with Gasteiger partial charge in [0.15, 0.2) is 0 Å². The third-order valence-electron chi connectivity index (χ3n) is 4.25. The zero-order valence-electron chi connectivity index (χ0n) is 16.1. The molecule has 3 N–H and O–H groups in total. The first-order valence-electron chi connectivity index (χ1n) is 9.41. The zero-order chi connectivity index (χ0) is 21.3. The standard InChI is InChI=1S/C23H21Cl2N3O2/c24-17-12-18(25)14-21(13-17)28-23(30)15-26-19-7-9-20(10-8-19)27-22(29)11-6-16-4-2-1-3-5-16/h1-5,7-10,12-14,26H,6,11,15H2,(H,27,29)(H,28,30). The summed E-state index contributed by atoms with van der Waals surface area (Å²) in [4.78, 5) is 24.2. The Morgan fingerprint density at radius 3 is 1.97 bits per heavy atom. The van der Waals surface area contributed by atoms with Gasteiger partial charge in [-0.1, -0.05) is 53.5 Å². The minimum Gasteiger partial charge on any atom is -0.376 e. The molecule has 0 atom stereocenters. The highest BCUT2D eigenvalue weighted by molar-refractivity contribution is 6.35. The molecule has 0 aliphatic carbocycles. The van der Waals surface area contributed by atoms with Gasteiger partial charge in [0, 0.05) is 33.5 Å². The Morgan fingerprint density at radius 1 is 0.700 bits per heavy atom. The number of carbonyl (C=O) groups excluding carboxylic acids is 2. The van der Waals surface area contributed by atoms with E-state index in [0.717, 1.165) is 11.3 Å². The number of amides is 2. The maximum atomic E-state index is 12.1. The van der Waals surface area contributed by atoms with Gasteiger partial charge in [0.05, 0.1) is 6.54 Å². The van der Waals surface area contributed by atoms with Crippen molar-refractivity contribution in [2.75, 3.05) is 22.5 Å². The maximum Gasteiger partial charge on any atom is 0.243 e. The normalized spacial score (nSPS) is 10.3. The lowest BCUT2D eigenvalue weighted by atomic mass is 10.1. The lowest BCUT2D eigenvalue weighted by Crippen LogP contribution is -2.21. The number of hydrogen-bond acceptors (Lipinski definition) is 3. The van der Waals surface area contributed by atoms with E-state index >= 15 is 0 Å². The van der Waals surface area contributed by atoms with Crippen molar-refractivity contribution in [2.24, 2.45) is 0 Å². The van der Waals surface area contributed by atoms with E-state index in [1.54, 1.807) is 42.5 Å². The highest BCUT2D eigenvalue weighted by atomic mass is 35.5. The summed E-state index contributed by atoms with van der Waals surface area (Å²) < 4.78 is 0. The molecule has 5 nitrogen and oxygen atoms in total. The van der Waals surface area contributed by atoms with Crippen LogP contribution < -0.4 is 16.0 Å². The summed E-state index contributed by atoms with van der Waals surface area (Å²) in [7, 11) is 0. The molecule has 0 unspecified atom stereocenters. The van der Waals surface area contributed by atoms with Crippen LogP contribution in [0.1, 0.15) is 12.0 Å². The van der Waals surface area contributed by atoms with E-state index in [0.29, 0.717) is 34.3 Å². The van der Waals surface area contributed by atoms with Gasteiger partial charge in [-0.05, 0) is 54.4 Å². The van der Waals surface area contributed by atoms with Crippen LogP contribution in [-0.2, 0) is 16.0 Å². The molecular weight excluding hydrogens is 421 g/mol. The summed E-state index contributed by atoms with van der Waals surface area (Å²) in [5.74, 6) is -0.272. The van der Waals surface area contributed by atoms with Crippen molar-refractivity contribution in [2.45, 2.75) is 12.8 Å². The van der Waals surface area contributed by atoms with Crippen LogP contribution in [0.3, 0.4) is 0 Å². The second kappa shape index (κ2) is 10.7. The Kier molecular flexibility index (Phi) is 7.71. The summed E-state index contributed by atoms with van der Waals surface area (Å²) in [6.45, 7) is 0.0763. The van der Waals surface area contributed by atoms with Gasteiger partial charge in [-0.25, -0.2) is 0 Å². The van der Waals surface area contributed by atoms with Gasteiger partial charge < -0.3 is 16.0 Å². The Morgan fingerprint density at radius 2 is 1.30 bits per heavy atom. The molecular formula is C23H21Cl2N3O2. The first-order chi connectivity index (χ1) is 14.5. The molecule has 3 rings (SSSR count). The average molecular weight is 442 g/mol. The molecule has 30 heavy (non-hydrogen) atoms. The summed E-state index contributed by atoms with van der Waals surface area (Å²) in [5, 5.41) is 9.54. The summed E-state index contributed by atoms with van der Waals surface area (Å²) in [5.41, 5.74) is 3.13. The van der Waals surface area contributed by atoms with E-state index in [1.165, 1.54) is 0 Å². The number of hydrogen-bond donors (Lipinski definition) is 3. The highest BCUT2D eigenvalue weighted by Gasteiger charge is 2.06. The van der Waals surface area contributed by atoms with E-state index in [1.807, 2.05) is 30.3 Å². The van der Waals surface area contributed by atoms with Crippen molar-refractivity contribution in [3.63, 3.8) is 0 Å². The van der Waals surface area contributed by atoms with Crippen LogP contribution in [0, 0.1) is 0 Å². The molecule has 0 aliphatic heterocycles. The Balaban J connectivity index is 1.43. The molecule has 3 aromatic rings. The molecule has 0 fully saturated rings. The molecule has 0 saturated heterocycles. The Bertz CT molecular complexity index is 988. The fourth-order valence-electron chi connectivity index (χ4n) is 2.81. The summed E-state index contributed by atoms with van der Waals surface area (Å²) in [6.07, 6.45) is 1.11. The third-order valence-corrected chi connectivity index (χ3v) is 4.69. The summed E-state index contributed by atoms with van der Waals surface area (Å²) in [6, 6.07) is 21.9. The minimum absolute atomic E-state index is 0.0425. The lowest BCUT2D eigenvalue weighted by Gasteiger charge is -2.10. The molecule has 0 heterocycles. The number of nitrogens with one attached hydrogen (secondary N) is 3. The monoisotopic (exact) mass is 441 g/mol. The average Bonchev–Trinajstić information content (AvgIpc) is 2.72. The predicted molar refractivity (Wildman–Crippen MR) is 123 cm³/mol. The predicted octanol–water partition coefficient (Wildman–Crippen LogP) is 5.62. The highest BCUT2D eigenvalue weighted by Crippen LogP contribution is 2.22. The molecule has 2 amide bonds. The number of rotatable bonds is 8. The largest absolute Gasteiger partial charge is 0.376 e. The second-order valence-electron chi connectivity index (χ2n) is 6.67. The number of benzene rings is 3. The quantitative estimate of drug-likeness (QED) is 0.424. The topological polar surface area (TPSA) is 70.2 Å². The lowest BCUT2D eigenvalue weighted by molar-refractivity contribution is -0.116. The number of anilines is 3. The molecule has 154 valence electrons. The van der Waals surface area contributed by atoms with Gasteiger partial charge in [0.2, 0.25) is 11.8 Å². The minimum atomic E-state index is -0.230. The van der Waals surface area contributed by atoms with Crippen molar-refractivity contribution in [1.29, 1.82) is 0 Å². The van der Waals surface area contributed by atoms with Gasteiger partial charge in [-0.15, -0.1) is 0 Å². The van der Waals surface area contributed by atoms with Crippen molar-refractivity contribution >= 4 is 52.1 Å². The molecule has 0 aliphatic rings. The Labute approximate surface area is 185 Å². The number of halogens is 2. The summed E-state index contributed by atoms with van der Waals surface area (Å²) >= 11 is 11.9. The van der Waals surface area contributed by atoms with E-state index < -0.39 is 0 Å². The van der Waals surface area contributed by atoms with Gasteiger partial charge in [-0.2, -0.15) is 0 Å². The first-order valence-corrected chi connectivity index (χ1v) is 10.2. The maximum absolute atomic E-state index is 12.1. The number of carbonyl (C=O) groups is 2. The van der Waals surface area contributed by atoms with Gasteiger partial charge in [0.25, 0.3) is 0 Å². The van der Waals surface area contributed by atoms with E-state index in [9.17, 15) is 9.59 Å². The van der Waals surface area contributed by atoms with Crippen LogP contribution in [0.25, 0.3) is 0 Å². The van der Waals surface area contributed by atoms with Crippen molar-refractivity contribution in [3.05, 3.63) is 88.4 Å². The fraction of sp³-hybridized carbons (Fsp3) is 0.130. The van der Waals surface area contributed by atoms with Crippen molar-refractivity contribution < 1.29 is 9.59 Å². The smallest absolute Gasteiger partial charge is 0.243 e. The van der Waals surface area contributed by atoms with Gasteiger partial charge in [-0.3, -0.25) is 9.59 Å². The van der Waals surface area contributed by atoms with Crippen LogP contribution in [0.2, 0.25) is 10.0 Å². The van der Waals surface area contributed by atoms with E-state index in [-0.39, 0.29) is 18.4 Å². The van der Waals surface area contributed by atoms with Crippen LogP contribution in [0.15, 0.2) is 72.8 Å². The molecule has 0 spiro atoms. The van der Waals surface area contributed by atoms with Crippen LogP contribution in [0.4, 0.5) is 17.1 Å². The molecule has 0 radical (unpaired) electrons. The molecule has 0 aromatic heterocycles. The van der Waals surface area contributed by atoms with Crippen molar-refractivity contribution in [3.8, 4) is 0 Å². The van der Waals surface area contributed by atoms with Crippen LogP contribution >= 0.6 is 23.2 Å². The van der Waals surface area contributed by atoms with Crippen LogP contribution in [-0.4, -0.2) is 18.4 Å². The first kappa shape index (κ1) is 21.7. The zero-order valence-corrected chi connectivity index (χ0v) is 17.6. The SMILES string of the molecule is O=C(CCc1ccccc1)Nc1ccc(NCC(=O)Nc2cc(Cl)cc(Cl)c2)cc1. The van der Waals surface area contributed by atoms with Crippen molar-refractivity contribution in [1.82, 2.24) is 0 Å². The molecule has 7 heteroatoms. The third kappa shape index (κ3) is 7.10. The van der Waals surface area contributed by atoms with Gasteiger partial charge in [0.1, 0.15) is 0 Å². The van der Waals surface area contributed by atoms with E-state index in [4.69, 9.17) is 23.2 Å². The molecule has 3 aromatic carbocycles.